The highest BCUT2D eigenvalue weighted by Crippen LogP contribution is 2.37. The molecule has 2 aromatic carbocycles. The minimum absolute atomic E-state index is 0.312. The number of nitrogens with zero attached hydrogens (tertiary/aromatic N) is 4. The number of benzene rings is 2. The van der Waals surface area contributed by atoms with E-state index in [0.29, 0.717) is 40.0 Å². The summed E-state index contributed by atoms with van der Waals surface area (Å²) in [5.41, 5.74) is 2.48. The number of anilines is 2. The van der Waals surface area contributed by atoms with Gasteiger partial charge in [-0.25, -0.2) is 9.07 Å². The number of ether oxygens (including phenoxy) is 1. The zero-order valence-corrected chi connectivity index (χ0v) is 18.5. The Bertz CT molecular complexity index is 1380. The van der Waals surface area contributed by atoms with Crippen molar-refractivity contribution in [1.82, 2.24) is 19.7 Å². The van der Waals surface area contributed by atoms with Crippen LogP contribution in [0.1, 0.15) is 18.5 Å². The molecule has 0 bridgehead atoms. The smallest absolute Gasteiger partial charge is 0.255 e. The summed E-state index contributed by atoms with van der Waals surface area (Å²) in [5, 5.41) is 10.7. The van der Waals surface area contributed by atoms with Crippen LogP contribution in [-0.2, 0) is 4.79 Å². The molecule has 8 nitrogen and oxygen atoms in total. The first-order valence-electron chi connectivity index (χ1n) is 10.6. The van der Waals surface area contributed by atoms with Crippen LogP contribution in [0.3, 0.4) is 0 Å². The fourth-order valence-corrected chi connectivity index (χ4v) is 3.93. The number of carbonyl (C=O) groups excluding carboxylic acids is 1. The molecule has 0 fully saturated rings. The van der Waals surface area contributed by atoms with Crippen molar-refractivity contribution in [3.8, 4) is 17.1 Å². The summed E-state index contributed by atoms with van der Waals surface area (Å²) >= 11 is 0. The van der Waals surface area contributed by atoms with Crippen LogP contribution in [0.15, 0.2) is 84.3 Å². The van der Waals surface area contributed by atoms with E-state index in [0.717, 1.165) is 5.56 Å². The molecule has 1 unspecified atom stereocenters. The van der Waals surface area contributed by atoms with Crippen LogP contribution in [0.2, 0.25) is 0 Å². The molecule has 4 aromatic rings. The van der Waals surface area contributed by atoms with Gasteiger partial charge in [0.25, 0.3) is 5.91 Å². The molecule has 0 saturated heterocycles. The van der Waals surface area contributed by atoms with E-state index < -0.39 is 17.8 Å². The Morgan fingerprint density at radius 2 is 1.91 bits per heavy atom. The third-order valence-corrected chi connectivity index (χ3v) is 5.56. The van der Waals surface area contributed by atoms with Gasteiger partial charge in [-0.2, -0.15) is 4.98 Å². The quantitative estimate of drug-likeness (QED) is 0.462. The fourth-order valence-electron chi connectivity index (χ4n) is 3.93. The van der Waals surface area contributed by atoms with Gasteiger partial charge in [0.1, 0.15) is 17.6 Å². The van der Waals surface area contributed by atoms with Crippen LogP contribution in [-0.4, -0.2) is 32.8 Å². The van der Waals surface area contributed by atoms with E-state index in [9.17, 15) is 4.79 Å². The number of hydrogen-bond donors (Lipinski definition) is 2. The molecule has 1 aliphatic heterocycles. The number of carbonyl (C=O) groups is 1. The van der Waals surface area contributed by atoms with Crippen LogP contribution >= 0.6 is 0 Å². The number of rotatable bonds is 5. The van der Waals surface area contributed by atoms with Crippen molar-refractivity contribution in [2.45, 2.75) is 13.0 Å². The number of nitrogens with one attached hydrogen (secondary N) is 2. The minimum atomic E-state index is -0.825. The molecule has 0 spiro atoms. The maximum atomic E-state index is 15.0. The van der Waals surface area contributed by atoms with Crippen LogP contribution < -0.4 is 15.4 Å². The number of fused-ring (bicyclic) bond motifs is 1. The van der Waals surface area contributed by atoms with Gasteiger partial charge in [0, 0.05) is 23.0 Å². The summed E-state index contributed by atoms with van der Waals surface area (Å²) in [6, 6.07) is 16.3. The lowest BCUT2D eigenvalue weighted by molar-refractivity contribution is -0.113. The van der Waals surface area contributed by atoms with E-state index in [4.69, 9.17) is 4.74 Å². The first kappa shape index (κ1) is 21.3. The largest absolute Gasteiger partial charge is 0.497 e. The Labute approximate surface area is 195 Å². The number of halogens is 1. The van der Waals surface area contributed by atoms with Gasteiger partial charge in [-0.1, -0.05) is 18.2 Å². The standard InChI is InChI=1S/C25H21FN6O2/c1-15-21(24(33)29-17-6-5-13-27-14-17)22(19-7-3-4-8-20(19)26)32-25(28-15)30-23(31-32)16-9-11-18(34-2)12-10-16/h3-14,22H,1-2H3,(H,29,33)(H,28,30,31). The van der Waals surface area contributed by atoms with Gasteiger partial charge in [-0.05, 0) is 49.4 Å². The topological polar surface area (TPSA) is 94.0 Å². The summed E-state index contributed by atoms with van der Waals surface area (Å²) in [4.78, 5) is 22.0. The van der Waals surface area contributed by atoms with Gasteiger partial charge in [-0.3, -0.25) is 9.78 Å². The van der Waals surface area contributed by atoms with Crippen molar-refractivity contribution >= 4 is 17.5 Å². The maximum absolute atomic E-state index is 15.0. The summed E-state index contributed by atoms with van der Waals surface area (Å²) in [6.45, 7) is 1.76. The zero-order chi connectivity index (χ0) is 23.7. The highest BCUT2D eigenvalue weighted by atomic mass is 19.1. The second kappa shape index (κ2) is 8.78. The minimum Gasteiger partial charge on any atom is -0.497 e. The van der Waals surface area contributed by atoms with Crippen molar-refractivity contribution in [1.29, 1.82) is 0 Å². The van der Waals surface area contributed by atoms with E-state index in [1.54, 1.807) is 61.4 Å². The van der Waals surface area contributed by atoms with Crippen LogP contribution in [0.4, 0.5) is 16.0 Å². The molecule has 170 valence electrons. The van der Waals surface area contributed by atoms with Crippen molar-refractivity contribution in [2.75, 3.05) is 17.7 Å². The normalized spacial score (nSPS) is 14.9. The van der Waals surface area contributed by atoms with E-state index in [1.165, 1.54) is 6.07 Å². The first-order chi connectivity index (χ1) is 16.5. The average Bonchev–Trinajstić information content (AvgIpc) is 3.28. The molecule has 1 amide bonds. The SMILES string of the molecule is COc1ccc(-c2nc3n(n2)C(c2ccccc2F)C(C(=O)Nc2cccnc2)=C(C)N3)cc1. The third kappa shape index (κ3) is 3.88. The fraction of sp³-hybridized carbons (Fsp3) is 0.120. The van der Waals surface area contributed by atoms with Crippen molar-refractivity contribution in [3.63, 3.8) is 0 Å². The predicted octanol–water partition coefficient (Wildman–Crippen LogP) is 4.42. The van der Waals surface area contributed by atoms with Gasteiger partial charge >= 0.3 is 0 Å². The van der Waals surface area contributed by atoms with Crippen LogP contribution in [0, 0.1) is 5.82 Å². The molecule has 34 heavy (non-hydrogen) atoms. The second-order valence-electron chi connectivity index (χ2n) is 7.72. The predicted molar refractivity (Wildman–Crippen MR) is 126 cm³/mol. The third-order valence-electron chi connectivity index (χ3n) is 5.56. The lowest BCUT2D eigenvalue weighted by atomic mass is 9.94. The molecule has 9 heteroatoms. The van der Waals surface area contributed by atoms with Gasteiger partial charge < -0.3 is 15.4 Å². The number of amides is 1. The highest BCUT2D eigenvalue weighted by molar-refractivity contribution is 6.05. The number of methoxy groups -OCH3 is 1. The van der Waals surface area contributed by atoms with E-state index in [1.807, 2.05) is 24.3 Å². The monoisotopic (exact) mass is 456 g/mol. The summed E-state index contributed by atoms with van der Waals surface area (Å²) in [7, 11) is 1.60. The van der Waals surface area contributed by atoms with Crippen LogP contribution in [0.5, 0.6) is 5.75 Å². The summed E-state index contributed by atoms with van der Waals surface area (Å²) < 4.78 is 21.8. The van der Waals surface area contributed by atoms with Crippen molar-refractivity contribution in [2.24, 2.45) is 0 Å². The Morgan fingerprint density at radius 3 is 2.62 bits per heavy atom. The molecule has 2 aromatic heterocycles. The Hall–Kier alpha value is -4.53. The number of aromatic nitrogens is 4. The lowest BCUT2D eigenvalue weighted by Gasteiger charge is -2.28. The molecule has 0 aliphatic carbocycles. The summed E-state index contributed by atoms with van der Waals surface area (Å²) in [6.07, 6.45) is 3.16. The molecule has 0 saturated carbocycles. The summed E-state index contributed by atoms with van der Waals surface area (Å²) in [5.74, 6) is 0.726. The van der Waals surface area contributed by atoms with Gasteiger partial charge in [0.2, 0.25) is 5.95 Å². The molecule has 5 rings (SSSR count). The number of hydrogen-bond acceptors (Lipinski definition) is 6. The van der Waals surface area contributed by atoms with Gasteiger partial charge in [0.15, 0.2) is 5.82 Å². The molecule has 0 radical (unpaired) electrons. The van der Waals surface area contributed by atoms with Crippen molar-refractivity contribution in [3.05, 3.63) is 95.7 Å². The average molecular weight is 456 g/mol. The van der Waals surface area contributed by atoms with E-state index in [-0.39, 0.29) is 0 Å². The lowest BCUT2D eigenvalue weighted by Crippen LogP contribution is -2.32. The van der Waals surface area contributed by atoms with Crippen LogP contribution in [0.25, 0.3) is 11.4 Å². The molecular formula is C25H21FN6O2. The van der Waals surface area contributed by atoms with E-state index >= 15 is 4.39 Å². The molecule has 3 heterocycles. The Kier molecular flexibility index (Phi) is 5.51. The zero-order valence-electron chi connectivity index (χ0n) is 18.5. The van der Waals surface area contributed by atoms with Gasteiger partial charge in [-0.15, -0.1) is 5.10 Å². The molecule has 1 aliphatic rings. The van der Waals surface area contributed by atoms with E-state index in [2.05, 4.69) is 25.7 Å². The molecule has 2 N–H and O–H groups in total. The number of allylic oxidation sites excluding steroid dienone is 1. The Morgan fingerprint density at radius 1 is 1.12 bits per heavy atom. The maximum Gasteiger partial charge on any atom is 0.255 e. The highest BCUT2D eigenvalue weighted by Gasteiger charge is 2.35. The van der Waals surface area contributed by atoms with Crippen molar-refractivity contribution < 1.29 is 13.9 Å². The molecular weight excluding hydrogens is 435 g/mol. The number of pyridine rings is 1. The van der Waals surface area contributed by atoms with Gasteiger partial charge in [0.05, 0.1) is 24.6 Å². The Balaban J connectivity index is 1.60. The molecule has 1 atom stereocenters. The second-order valence-corrected chi connectivity index (χ2v) is 7.72. The first-order valence-corrected chi connectivity index (χ1v) is 10.6.